The number of aromatic amines is 1. The van der Waals surface area contributed by atoms with E-state index in [-0.39, 0.29) is 46.2 Å². The standard InChI is InChI=1S/C22H31N5O5/c1-26(2)21(30)14-9-7-11-16(19(14)28)24-18-17(20(29)25-27(3)22(18)31)23-15-10-6-5-8-13(15)12-32-4/h7,9,11,13,15,23-24,28H,5-6,8,10,12H2,1-4H3,(H,25,29). The number of H-pyrrole nitrogens is 1. The summed E-state index contributed by atoms with van der Waals surface area (Å²) in [6, 6.07) is 4.60. The molecule has 174 valence electrons. The number of hydrogen-bond donors (Lipinski definition) is 4. The van der Waals surface area contributed by atoms with Crippen LogP contribution in [0.25, 0.3) is 0 Å². The van der Waals surface area contributed by atoms with Crippen LogP contribution < -0.4 is 21.8 Å². The quantitative estimate of drug-likeness (QED) is 0.479. The van der Waals surface area contributed by atoms with Gasteiger partial charge < -0.3 is 25.4 Å². The molecule has 1 amide bonds. The number of aryl methyl sites for hydroxylation is 1. The molecule has 2 atom stereocenters. The third-order valence-corrected chi connectivity index (χ3v) is 5.82. The molecule has 10 nitrogen and oxygen atoms in total. The molecule has 4 N–H and O–H groups in total. The molecular weight excluding hydrogens is 414 g/mol. The smallest absolute Gasteiger partial charge is 0.290 e. The minimum absolute atomic E-state index is 0.00254. The van der Waals surface area contributed by atoms with Gasteiger partial charge in [-0.15, -0.1) is 0 Å². The third-order valence-electron chi connectivity index (χ3n) is 5.82. The Labute approximate surface area is 186 Å². The largest absolute Gasteiger partial charge is 0.505 e. The predicted molar refractivity (Wildman–Crippen MR) is 123 cm³/mol. The fraction of sp³-hybridized carbons (Fsp3) is 0.500. The van der Waals surface area contributed by atoms with Crippen molar-refractivity contribution in [2.45, 2.75) is 31.7 Å². The average Bonchev–Trinajstić information content (AvgIpc) is 2.76. The number of carbonyl (C=O) groups is 1. The van der Waals surface area contributed by atoms with Gasteiger partial charge in [-0.2, -0.15) is 0 Å². The molecule has 32 heavy (non-hydrogen) atoms. The second-order valence-electron chi connectivity index (χ2n) is 8.33. The number of amides is 1. The summed E-state index contributed by atoms with van der Waals surface area (Å²) in [5.74, 6) is -0.471. The summed E-state index contributed by atoms with van der Waals surface area (Å²) >= 11 is 0. The van der Waals surface area contributed by atoms with Gasteiger partial charge in [-0.05, 0) is 25.0 Å². The number of hydrogen-bond acceptors (Lipinski definition) is 7. The molecule has 0 spiro atoms. The number of phenols is 1. The number of nitrogens with zero attached hydrogens (tertiary/aromatic N) is 2. The fourth-order valence-corrected chi connectivity index (χ4v) is 4.09. The Bertz CT molecular complexity index is 1090. The van der Waals surface area contributed by atoms with Crippen molar-refractivity contribution in [3.8, 4) is 5.75 Å². The van der Waals surface area contributed by atoms with Crippen molar-refractivity contribution in [2.24, 2.45) is 13.0 Å². The predicted octanol–water partition coefficient (Wildman–Crippen LogP) is 1.84. The minimum Gasteiger partial charge on any atom is -0.505 e. The number of aromatic nitrogens is 2. The van der Waals surface area contributed by atoms with Gasteiger partial charge in [-0.1, -0.05) is 18.9 Å². The SMILES string of the molecule is COCC1CCCCC1Nc1c(Nc2cccc(C(=O)N(C)C)c2O)c(=O)n(C)[nH]c1=O. The van der Waals surface area contributed by atoms with Crippen LogP contribution in [-0.4, -0.2) is 59.5 Å². The highest BCUT2D eigenvalue weighted by molar-refractivity contribution is 5.98. The number of benzene rings is 1. The zero-order valence-corrected chi connectivity index (χ0v) is 18.9. The molecule has 0 saturated heterocycles. The normalized spacial score (nSPS) is 18.2. The third kappa shape index (κ3) is 4.80. The first-order valence-electron chi connectivity index (χ1n) is 10.6. The van der Waals surface area contributed by atoms with E-state index in [1.807, 2.05) is 0 Å². The fourth-order valence-electron chi connectivity index (χ4n) is 4.09. The van der Waals surface area contributed by atoms with Crippen molar-refractivity contribution in [2.75, 3.05) is 38.4 Å². The number of nitrogens with one attached hydrogen (secondary N) is 3. The van der Waals surface area contributed by atoms with E-state index in [1.165, 1.54) is 18.0 Å². The molecule has 3 rings (SSSR count). The zero-order chi connectivity index (χ0) is 23.4. The summed E-state index contributed by atoms with van der Waals surface area (Å²) in [6.07, 6.45) is 3.91. The summed E-state index contributed by atoms with van der Waals surface area (Å²) in [5.41, 5.74) is -0.594. The molecule has 1 fully saturated rings. The Kier molecular flexibility index (Phi) is 7.24. The maximum atomic E-state index is 12.9. The minimum atomic E-state index is -0.477. The zero-order valence-electron chi connectivity index (χ0n) is 18.9. The average molecular weight is 446 g/mol. The van der Waals surface area contributed by atoms with Gasteiger partial charge in [0.05, 0.1) is 17.9 Å². The number of phenolic OH excluding ortho intramolecular Hbond substituents is 1. The number of para-hydroxylation sites is 1. The lowest BCUT2D eigenvalue weighted by atomic mass is 9.85. The molecule has 1 saturated carbocycles. The van der Waals surface area contributed by atoms with Crippen LogP contribution in [0.2, 0.25) is 0 Å². The van der Waals surface area contributed by atoms with Crippen molar-refractivity contribution >= 4 is 23.0 Å². The highest BCUT2D eigenvalue weighted by Crippen LogP contribution is 2.33. The van der Waals surface area contributed by atoms with Crippen LogP contribution in [0, 0.1) is 5.92 Å². The second-order valence-corrected chi connectivity index (χ2v) is 8.33. The van der Waals surface area contributed by atoms with E-state index in [9.17, 15) is 19.5 Å². The van der Waals surface area contributed by atoms with Crippen molar-refractivity contribution in [3.63, 3.8) is 0 Å². The molecule has 0 aliphatic heterocycles. The van der Waals surface area contributed by atoms with Gasteiger partial charge in [0.15, 0.2) is 5.75 Å². The highest BCUT2D eigenvalue weighted by Gasteiger charge is 2.28. The number of rotatable bonds is 7. The summed E-state index contributed by atoms with van der Waals surface area (Å²) in [4.78, 5) is 39.5. The molecule has 2 aromatic rings. The Morgan fingerprint density at radius 1 is 1.25 bits per heavy atom. The van der Waals surface area contributed by atoms with Crippen molar-refractivity contribution in [3.05, 3.63) is 44.5 Å². The Balaban J connectivity index is 2.02. The number of aromatic hydroxyl groups is 1. The van der Waals surface area contributed by atoms with Gasteiger partial charge in [-0.3, -0.25) is 24.2 Å². The van der Waals surface area contributed by atoms with Gasteiger partial charge in [-0.25, -0.2) is 0 Å². The Hall–Kier alpha value is -3.27. The monoisotopic (exact) mass is 445 g/mol. The van der Waals surface area contributed by atoms with Crippen LogP contribution in [0.3, 0.4) is 0 Å². The first kappa shape index (κ1) is 23.4. The number of methoxy groups -OCH3 is 1. The molecule has 0 radical (unpaired) electrons. The van der Waals surface area contributed by atoms with E-state index in [0.717, 1.165) is 30.4 Å². The Morgan fingerprint density at radius 2 is 1.97 bits per heavy atom. The molecule has 10 heteroatoms. The van der Waals surface area contributed by atoms with Crippen molar-refractivity contribution < 1.29 is 14.6 Å². The molecule has 2 unspecified atom stereocenters. The Morgan fingerprint density at radius 3 is 2.66 bits per heavy atom. The van der Waals surface area contributed by atoms with E-state index in [1.54, 1.807) is 33.3 Å². The molecule has 1 aromatic carbocycles. The van der Waals surface area contributed by atoms with Crippen LogP contribution in [0.5, 0.6) is 5.75 Å². The second kappa shape index (κ2) is 9.90. The molecule has 1 heterocycles. The summed E-state index contributed by atoms with van der Waals surface area (Å²) < 4.78 is 6.42. The molecule has 1 aliphatic carbocycles. The molecule has 0 bridgehead atoms. The van der Waals surface area contributed by atoms with Gasteiger partial charge in [0.25, 0.3) is 17.0 Å². The molecular formula is C22H31N5O5. The van der Waals surface area contributed by atoms with Crippen LogP contribution in [0.15, 0.2) is 27.8 Å². The van der Waals surface area contributed by atoms with Gasteiger partial charge in [0, 0.05) is 40.2 Å². The lowest BCUT2D eigenvalue weighted by Gasteiger charge is -2.32. The van der Waals surface area contributed by atoms with E-state index in [0.29, 0.717) is 6.61 Å². The summed E-state index contributed by atoms with van der Waals surface area (Å²) in [7, 11) is 6.25. The van der Waals surface area contributed by atoms with Crippen LogP contribution >= 0.6 is 0 Å². The van der Waals surface area contributed by atoms with E-state index < -0.39 is 11.1 Å². The molecule has 1 aliphatic rings. The van der Waals surface area contributed by atoms with Gasteiger partial charge in [0.1, 0.15) is 11.4 Å². The van der Waals surface area contributed by atoms with Crippen molar-refractivity contribution in [1.82, 2.24) is 14.7 Å². The summed E-state index contributed by atoms with van der Waals surface area (Å²) in [6.45, 7) is 0.554. The van der Waals surface area contributed by atoms with E-state index >= 15 is 0 Å². The number of ether oxygens (including phenoxy) is 1. The van der Waals surface area contributed by atoms with Crippen LogP contribution in [0.1, 0.15) is 36.0 Å². The first-order chi connectivity index (χ1) is 15.2. The number of carbonyl (C=O) groups excluding carboxylic acids is 1. The molecule has 1 aromatic heterocycles. The lowest BCUT2D eigenvalue weighted by molar-refractivity contribution is 0.0824. The van der Waals surface area contributed by atoms with Gasteiger partial charge in [0.2, 0.25) is 0 Å². The van der Waals surface area contributed by atoms with E-state index in [4.69, 9.17) is 4.74 Å². The topological polar surface area (TPSA) is 129 Å². The van der Waals surface area contributed by atoms with Crippen LogP contribution in [0.4, 0.5) is 17.1 Å². The maximum absolute atomic E-state index is 12.9. The maximum Gasteiger partial charge on any atom is 0.290 e. The first-order valence-corrected chi connectivity index (χ1v) is 10.6. The highest BCUT2D eigenvalue weighted by atomic mass is 16.5. The van der Waals surface area contributed by atoms with Crippen molar-refractivity contribution in [1.29, 1.82) is 0 Å². The number of anilines is 3. The summed E-state index contributed by atoms with van der Waals surface area (Å²) in [5, 5.41) is 19.4. The van der Waals surface area contributed by atoms with E-state index in [2.05, 4.69) is 15.7 Å². The van der Waals surface area contributed by atoms with Gasteiger partial charge >= 0.3 is 0 Å². The lowest BCUT2D eigenvalue weighted by Crippen LogP contribution is -2.39. The van der Waals surface area contributed by atoms with Crippen LogP contribution in [-0.2, 0) is 11.8 Å².